The summed E-state index contributed by atoms with van der Waals surface area (Å²) < 4.78 is 41.7. The fourth-order valence-corrected chi connectivity index (χ4v) is 2.37. The summed E-state index contributed by atoms with van der Waals surface area (Å²) >= 11 is 0. The van der Waals surface area contributed by atoms with Crippen molar-refractivity contribution in [3.63, 3.8) is 0 Å². The van der Waals surface area contributed by atoms with Gasteiger partial charge in [-0.1, -0.05) is 0 Å². The molecule has 0 aliphatic heterocycles. The smallest absolute Gasteiger partial charge is 0.271 e. The number of nitrogens with zero attached hydrogens (tertiary/aromatic N) is 3. The Bertz CT molecular complexity index is 972. The van der Waals surface area contributed by atoms with Crippen molar-refractivity contribution in [3.05, 3.63) is 70.4 Å². The van der Waals surface area contributed by atoms with E-state index in [-0.39, 0.29) is 16.9 Å². The number of nitrogens with one attached hydrogen (secondary N) is 1. The minimum absolute atomic E-state index is 0.0601. The first-order valence-corrected chi connectivity index (χ1v) is 7.06. The Hall–Kier alpha value is -3.36. The molecule has 0 aliphatic carbocycles. The van der Waals surface area contributed by atoms with Crippen LogP contribution in [0.1, 0.15) is 0 Å². The van der Waals surface area contributed by atoms with Crippen LogP contribution in [0.25, 0.3) is 16.9 Å². The van der Waals surface area contributed by atoms with Crippen molar-refractivity contribution >= 4 is 11.4 Å². The van der Waals surface area contributed by atoms with E-state index in [1.54, 1.807) is 7.05 Å². The van der Waals surface area contributed by atoms with Gasteiger partial charge in [-0.15, -0.1) is 0 Å². The molecule has 0 atom stereocenters. The summed E-state index contributed by atoms with van der Waals surface area (Å²) in [6, 6.07) is 5.33. The van der Waals surface area contributed by atoms with Gasteiger partial charge in [0.1, 0.15) is 5.82 Å². The van der Waals surface area contributed by atoms with Gasteiger partial charge in [-0.3, -0.25) is 10.1 Å². The molecule has 2 aromatic carbocycles. The van der Waals surface area contributed by atoms with Gasteiger partial charge in [0.05, 0.1) is 28.3 Å². The molecule has 0 amide bonds. The lowest BCUT2D eigenvalue weighted by atomic mass is 10.1. The molecule has 0 aliphatic rings. The molecular formula is C16H11F3N4O2. The third-order valence-corrected chi connectivity index (χ3v) is 3.61. The summed E-state index contributed by atoms with van der Waals surface area (Å²) in [7, 11) is 1.64. The van der Waals surface area contributed by atoms with Gasteiger partial charge in [-0.25, -0.2) is 18.2 Å². The molecule has 0 radical (unpaired) electrons. The van der Waals surface area contributed by atoms with Crippen LogP contribution in [0.5, 0.6) is 0 Å². The lowest BCUT2D eigenvalue weighted by Gasteiger charge is -2.09. The second kappa shape index (κ2) is 6.27. The average Bonchev–Trinajstić information content (AvgIpc) is 3.07. The lowest BCUT2D eigenvalue weighted by molar-refractivity contribution is -0.384. The average molecular weight is 348 g/mol. The molecule has 3 aromatic rings. The van der Waals surface area contributed by atoms with E-state index in [1.807, 2.05) is 0 Å². The first-order valence-electron chi connectivity index (χ1n) is 7.06. The van der Waals surface area contributed by atoms with Crippen molar-refractivity contribution in [1.82, 2.24) is 9.55 Å². The van der Waals surface area contributed by atoms with Gasteiger partial charge in [-0.2, -0.15) is 0 Å². The second-order valence-electron chi connectivity index (χ2n) is 5.12. The molecule has 0 saturated heterocycles. The van der Waals surface area contributed by atoms with Crippen LogP contribution in [0.3, 0.4) is 0 Å². The molecule has 1 aromatic heterocycles. The van der Waals surface area contributed by atoms with Crippen molar-refractivity contribution in [3.8, 4) is 16.9 Å². The minimum Gasteiger partial charge on any atom is -0.386 e. The largest absolute Gasteiger partial charge is 0.386 e. The van der Waals surface area contributed by atoms with Crippen LogP contribution in [0.2, 0.25) is 0 Å². The molecule has 25 heavy (non-hydrogen) atoms. The molecule has 128 valence electrons. The van der Waals surface area contributed by atoms with Crippen molar-refractivity contribution < 1.29 is 18.1 Å². The van der Waals surface area contributed by atoms with Gasteiger partial charge in [0.2, 0.25) is 0 Å². The van der Waals surface area contributed by atoms with E-state index in [2.05, 4.69) is 10.3 Å². The molecule has 0 bridgehead atoms. The quantitative estimate of drug-likeness (QED) is 0.441. The molecule has 9 heteroatoms. The van der Waals surface area contributed by atoms with Gasteiger partial charge in [-0.05, 0) is 12.1 Å². The standard InChI is InChI=1S/C16H11F3N4O2/c1-20-14-3-2-9(23(24)25)4-16(14)22-7-15(21-8-22)10-5-12(18)13(19)6-11(10)17/h2-8,20H,1H3. The summed E-state index contributed by atoms with van der Waals surface area (Å²) in [5.41, 5.74) is 0.682. The van der Waals surface area contributed by atoms with E-state index in [4.69, 9.17) is 0 Å². The molecule has 0 fully saturated rings. The Kier molecular flexibility index (Phi) is 4.14. The van der Waals surface area contributed by atoms with Crippen molar-refractivity contribution in [2.45, 2.75) is 0 Å². The normalized spacial score (nSPS) is 10.7. The lowest BCUT2D eigenvalue weighted by Crippen LogP contribution is -2.00. The molecule has 1 heterocycles. The molecule has 0 saturated carbocycles. The molecule has 6 nitrogen and oxygen atoms in total. The monoisotopic (exact) mass is 348 g/mol. The van der Waals surface area contributed by atoms with Gasteiger partial charge < -0.3 is 9.88 Å². The second-order valence-corrected chi connectivity index (χ2v) is 5.12. The van der Waals surface area contributed by atoms with Crippen LogP contribution in [-0.2, 0) is 0 Å². The topological polar surface area (TPSA) is 73.0 Å². The summed E-state index contributed by atoms with van der Waals surface area (Å²) in [5, 5.41) is 13.8. The number of rotatable bonds is 4. The summed E-state index contributed by atoms with van der Waals surface area (Å²) in [5.74, 6) is -3.45. The third kappa shape index (κ3) is 3.03. The van der Waals surface area contributed by atoms with Gasteiger partial charge in [0.25, 0.3) is 5.69 Å². The van der Waals surface area contributed by atoms with Crippen LogP contribution >= 0.6 is 0 Å². The first-order chi connectivity index (χ1) is 11.9. The Balaban J connectivity index is 2.09. The maximum atomic E-state index is 13.9. The molecule has 0 spiro atoms. The molecule has 1 N–H and O–H groups in total. The predicted molar refractivity (Wildman–Crippen MR) is 85.1 cm³/mol. The van der Waals surface area contributed by atoms with Crippen LogP contribution in [0, 0.1) is 27.6 Å². The fraction of sp³-hybridized carbons (Fsp3) is 0.0625. The molecule has 3 rings (SSSR count). The van der Waals surface area contributed by atoms with Crippen molar-refractivity contribution in [2.75, 3.05) is 12.4 Å². The van der Waals surface area contributed by atoms with E-state index < -0.39 is 22.4 Å². The SMILES string of the molecule is CNc1ccc([N+](=O)[O-])cc1-n1cnc(-c2cc(F)c(F)cc2F)c1. The first kappa shape index (κ1) is 16.5. The highest BCUT2D eigenvalue weighted by atomic mass is 19.2. The van der Waals surface area contributed by atoms with Crippen molar-refractivity contribution in [1.29, 1.82) is 0 Å². The Morgan fingerprint density at radius 1 is 1.12 bits per heavy atom. The zero-order chi connectivity index (χ0) is 18.1. The number of non-ortho nitro benzene ring substituents is 1. The van der Waals surface area contributed by atoms with Gasteiger partial charge in [0, 0.05) is 37.0 Å². The number of hydrogen-bond acceptors (Lipinski definition) is 4. The number of imidazole rings is 1. The highest BCUT2D eigenvalue weighted by molar-refractivity contribution is 5.66. The van der Waals surface area contributed by atoms with Crippen LogP contribution in [0.4, 0.5) is 24.5 Å². The van der Waals surface area contributed by atoms with E-state index in [0.29, 0.717) is 23.5 Å². The summed E-state index contributed by atoms with van der Waals surface area (Å²) in [4.78, 5) is 14.4. The van der Waals surface area contributed by atoms with E-state index in [9.17, 15) is 23.3 Å². The highest BCUT2D eigenvalue weighted by Gasteiger charge is 2.16. The van der Waals surface area contributed by atoms with Gasteiger partial charge >= 0.3 is 0 Å². The van der Waals surface area contributed by atoms with Crippen LogP contribution in [0.15, 0.2) is 42.9 Å². The number of aromatic nitrogens is 2. The maximum absolute atomic E-state index is 13.9. The zero-order valence-corrected chi connectivity index (χ0v) is 12.8. The molecular weight excluding hydrogens is 337 g/mol. The van der Waals surface area contributed by atoms with E-state index >= 15 is 0 Å². The van der Waals surface area contributed by atoms with E-state index in [0.717, 1.165) is 0 Å². The van der Waals surface area contributed by atoms with Gasteiger partial charge in [0.15, 0.2) is 11.6 Å². The Morgan fingerprint density at radius 2 is 1.84 bits per heavy atom. The highest BCUT2D eigenvalue weighted by Crippen LogP contribution is 2.28. The van der Waals surface area contributed by atoms with E-state index in [1.165, 1.54) is 35.3 Å². The summed E-state index contributed by atoms with van der Waals surface area (Å²) in [6.45, 7) is 0. The number of halogens is 3. The van der Waals surface area contributed by atoms with Crippen LogP contribution < -0.4 is 5.32 Å². The zero-order valence-electron chi connectivity index (χ0n) is 12.8. The number of anilines is 1. The Labute approximate surface area is 139 Å². The number of hydrogen-bond donors (Lipinski definition) is 1. The fourth-order valence-electron chi connectivity index (χ4n) is 2.37. The third-order valence-electron chi connectivity index (χ3n) is 3.61. The number of benzene rings is 2. The minimum atomic E-state index is -1.29. The maximum Gasteiger partial charge on any atom is 0.271 e. The number of nitro groups is 1. The van der Waals surface area contributed by atoms with Crippen LogP contribution in [-0.4, -0.2) is 21.5 Å². The summed E-state index contributed by atoms with van der Waals surface area (Å²) in [6.07, 6.45) is 2.67. The number of nitro benzene ring substituents is 1. The predicted octanol–water partition coefficient (Wildman–Crippen LogP) is 3.91. The van der Waals surface area contributed by atoms with Crippen molar-refractivity contribution in [2.24, 2.45) is 0 Å². The Morgan fingerprint density at radius 3 is 2.52 bits per heavy atom. The molecule has 0 unspecified atom stereocenters.